The van der Waals surface area contributed by atoms with Crippen molar-refractivity contribution in [3.8, 4) is 0 Å². The standard InChI is InChI=1S/C19H19N5O5/c20-17-14-18(22-9-21-17)24(19-16(28)15(27)12(8-25)29-19)13(23-14)7-6-11(26)10-4-2-1-3-5-10/h1-7,9,12,15-16,19,25,27-28H,8H2,(H2,20,21,22)/b7-6+. The number of anilines is 1. The number of allylic oxidation sites excluding steroid dienone is 1. The Bertz CT molecular complexity index is 1070. The lowest BCUT2D eigenvalue weighted by molar-refractivity contribution is -0.0513. The maximum Gasteiger partial charge on any atom is 0.185 e. The minimum atomic E-state index is -1.35. The van der Waals surface area contributed by atoms with Gasteiger partial charge in [0, 0.05) is 5.56 Å². The molecule has 5 N–H and O–H groups in total. The van der Waals surface area contributed by atoms with Crippen molar-refractivity contribution < 1.29 is 24.9 Å². The summed E-state index contributed by atoms with van der Waals surface area (Å²) in [5.74, 6) is 0.0975. The molecule has 4 unspecified atom stereocenters. The van der Waals surface area contributed by atoms with Gasteiger partial charge < -0.3 is 25.8 Å². The highest BCUT2D eigenvalue weighted by atomic mass is 16.6. The molecule has 1 aliphatic heterocycles. The molecule has 1 aliphatic rings. The number of ketones is 1. The first kappa shape index (κ1) is 19.2. The van der Waals surface area contributed by atoms with Crippen LogP contribution in [0.3, 0.4) is 0 Å². The second-order valence-corrected chi connectivity index (χ2v) is 6.56. The van der Waals surface area contributed by atoms with Crippen LogP contribution in [0.25, 0.3) is 17.2 Å². The Balaban J connectivity index is 1.78. The summed E-state index contributed by atoms with van der Waals surface area (Å²) in [6.45, 7) is -0.476. The quantitative estimate of drug-likeness (QED) is 0.341. The highest BCUT2D eigenvalue weighted by Gasteiger charge is 2.44. The number of aliphatic hydroxyl groups excluding tert-OH is 3. The number of carbonyl (C=O) groups is 1. The summed E-state index contributed by atoms with van der Waals surface area (Å²) in [5.41, 5.74) is 6.91. The Morgan fingerprint density at radius 1 is 1.21 bits per heavy atom. The van der Waals surface area contributed by atoms with Crippen LogP contribution in [0.1, 0.15) is 22.4 Å². The highest BCUT2D eigenvalue weighted by Crippen LogP contribution is 2.33. The Morgan fingerprint density at radius 3 is 2.66 bits per heavy atom. The lowest BCUT2D eigenvalue weighted by Gasteiger charge is -2.18. The van der Waals surface area contributed by atoms with E-state index in [1.807, 2.05) is 6.07 Å². The molecule has 4 atom stereocenters. The van der Waals surface area contributed by atoms with Crippen LogP contribution in [-0.2, 0) is 4.74 Å². The van der Waals surface area contributed by atoms with Crippen LogP contribution in [-0.4, -0.2) is 65.5 Å². The number of ether oxygens (including phenoxy) is 1. The molecule has 0 saturated carbocycles. The molecule has 0 amide bonds. The smallest absolute Gasteiger partial charge is 0.185 e. The lowest BCUT2D eigenvalue weighted by Crippen LogP contribution is -2.33. The molecule has 3 aromatic rings. The van der Waals surface area contributed by atoms with Crippen LogP contribution < -0.4 is 5.73 Å². The number of nitrogens with zero attached hydrogens (tertiary/aromatic N) is 4. The summed E-state index contributed by atoms with van der Waals surface area (Å²) in [6.07, 6.45) is -0.701. The van der Waals surface area contributed by atoms with E-state index >= 15 is 0 Å². The van der Waals surface area contributed by atoms with Gasteiger partial charge in [-0.25, -0.2) is 15.0 Å². The third kappa shape index (κ3) is 3.38. The predicted octanol–water partition coefficient (Wildman–Crippen LogP) is -0.0839. The van der Waals surface area contributed by atoms with Crippen molar-refractivity contribution in [3.63, 3.8) is 0 Å². The van der Waals surface area contributed by atoms with E-state index in [1.54, 1.807) is 24.3 Å². The van der Waals surface area contributed by atoms with E-state index in [4.69, 9.17) is 10.5 Å². The molecule has 4 rings (SSSR count). The number of rotatable bonds is 5. The minimum absolute atomic E-state index is 0.115. The van der Waals surface area contributed by atoms with Gasteiger partial charge in [-0.2, -0.15) is 0 Å². The van der Waals surface area contributed by atoms with Gasteiger partial charge in [0.25, 0.3) is 0 Å². The Labute approximate surface area is 164 Å². The van der Waals surface area contributed by atoms with E-state index in [0.717, 1.165) is 0 Å². The van der Waals surface area contributed by atoms with Crippen LogP contribution in [0.15, 0.2) is 42.7 Å². The van der Waals surface area contributed by atoms with E-state index in [-0.39, 0.29) is 28.6 Å². The number of nitrogen functional groups attached to an aromatic ring is 1. The number of aliphatic hydroxyl groups is 3. The van der Waals surface area contributed by atoms with Crippen LogP contribution >= 0.6 is 0 Å². The first-order valence-electron chi connectivity index (χ1n) is 8.89. The monoisotopic (exact) mass is 397 g/mol. The van der Waals surface area contributed by atoms with Gasteiger partial charge in [-0.3, -0.25) is 9.36 Å². The number of fused-ring (bicyclic) bond motifs is 1. The normalized spacial score (nSPS) is 24.5. The molecule has 10 heteroatoms. The molecular weight excluding hydrogens is 378 g/mol. The largest absolute Gasteiger partial charge is 0.394 e. The summed E-state index contributed by atoms with van der Waals surface area (Å²) in [4.78, 5) is 24.9. The second kappa shape index (κ2) is 7.68. The van der Waals surface area contributed by atoms with Crippen LogP contribution in [0, 0.1) is 0 Å². The average Bonchev–Trinajstić information content (AvgIpc) is 3.25. The molecule has 0 bridgehead atoms. The Hall–Kier alpha value is -3.18. The van der Waals surface area contributed by atoms with Gasteiger partial charge in [-0.15, -0.1) is 0 Å². The number of hydrogen-bond acceptors (Lipinski definition) is 9. The third-order valence-electron chi connectivity index (χ3n) is 4.75. The maximum absolute atomic E-state index is 12.4. The molecule has 3 heterocycles. The minimum Gasteiger partial charge on any atom is -0.394 e. The number of carbonyl (C=O) groups excluding carboxylic acids is 1. The maximum atomic E-state index is 12.4. The van der Waals surface area contributed by atoms with E-state index in [9.17, 15) is 20.1 Å². The highest BCUT2D eigenvalue weighted by molar-refractivity contribution is 6.06. The molecule has 150 valence electrons. The van der Waals surface area contributed by atoms with Crippen molar-refractivity contribution in [2.24, 2.45) is 0 Å². The van der Waals surface area contributed by atoms with Crippen LogP contribution in [0.4, 0.5) is 5.82 Å². The molecular formula is C19H19N5O5. The third-order valence-corrected chi connectivity index (χ3v) is 4.75. The zero-order valence-corrected chi connectivity index (χ0v) is 15.2. The van der Waals surface area contributed by atoms with Gasteiger partial charge in [-0.05, 0) is 12.2 Å². The second-order valence-electron chi connectivity index (χ2n) is 6.56. The van der Waals surface area contributed by atoms with Crippen molar-refractivity contribution in [2.75, 3.05) is 12.3 Å². The fourth-order valence-electron chi connectivity index (χ4n) is 3.25. The molecule has 0 spiro atoms. The predicted molar refractivity (Wildman–Crippen MR) is 103 cm³/mol. The number of nitrogens with two attached hydrogens (primary N) is 1. The van der Waals surface area contributed by atoms with Gasteiger partial charge in [0.15, 0.2) is 29.0 Å². The Morgan fingerprint density at radius 2 is 1.97 bits per heavy atom. The number of imidazole rings is 1. The van der Waals surface area contributed by atoms with Gasteiger partial charge in [0.2, 0.25) is 0 Å². The Kier molecular flexibility index (Phi) is 5.07. The molecule has 29 heavy (non-hydrogen) atoms. The van der Waals surface area contributed by atoms with Crippen molar-refractivity contribution in [3.05, 3.63) is 54.1 Å². The SMILES string of the molecule is Nc1ncnc2c1nc(/C=C/C(=O)c1ccccc1)n2C1OC(CO)C(O)C1O. The molecule has 1 fully saturated rings. The summed E-state index contributed by atoms with van der Waals surface area (Å²) in [5, 5.41) is 29.9. The topological polar surface area (TPSA) is 157 Å². The number of benzene rings is 1. The molecule has 0 aliphatic carbocycles. The molecule has 10 nitrogen and oxygen atoms in total. The zero-order valence-electron chi connectivity index (χ0n) is 15.2. The summed E-state index contributed by atoms with van der Waals surface area (Å²) in [7, 11) is 0. The fraction of sp³-hybridized carbons (Fsp3) is 0.263. The molecule has 1 aromatic carbocycles. The fourth-order valence-corrected chi connectivity index (χ4v) is 3.25. The number of aromatic nitrogens is 4. The summed E-state index contributed by atoms with van der Waals surface area (Å²) < 4.78 is 7.03. The van der Waals surface area contributed by atoms with Gasteiger partial charge >= 0.3 is 0 Å². The van der Waals surface area contributed by atoms with Crippen molar-refractivity contribution in [1.29, 1.82) is 0 Å². The van der Waals surface area contributed by atoms with Crippen LogP contribution in [0.5, 0.6) is 0 Å². The average molecular weight is 397 g/mol. The van der Waals surface area contributed by atoms with Crippen molar-refractivity contribution in [2.45, 2.75) is 24.5 Å². The van der Waals surface area contributed by atoms with Gasteiger partial charge in [0.1, 0.15) is 30.5 Å². The van der Waals surface area contributed by atoms with E-state index in [2.05, 4.69) is 15.0 Å². The van der Waals surface area contributed by atoms with Crippen molar-refractivity contribution >= 4 is 28.8 Å². The van der Waals surface area contributed by atoms with Crippen molar-refractivity contribution in [1.82, 2.24) is 19.5 Å². The van der Waals surface area contributed by atoms with E-state index < -0.39 is 31.1 Å². The zero-order chi connectivity index (χ0) is 20.5. The number of hydrogen-bond donors (Lipinski definition) is 4. The summed E-state index contributed by atoms with van der Waals surface area (Å²) >= 11 is 0. The lowest BCUT2D eigenvalue weighted by atomic mass is 10.1. The molecule has 1 saturated heterocycles. The first-order valence-corrected chi connectivity index (χ1v) is 8.89. The first-order chi connectivity index (χ1) is 14.0. The van der Waals surface area contributed by atoms with Crippen LogP contribution in [0.2, 0.25) is 0 Å². The van der Waals surface area contributed by atoms with E-state index in [1.165, 1.54) is 23.0 Å². The molecule has 2 aromatic heterocycles. The summed E-state index contributed by atoms with van der Waals surface area (Å²) in [6, 6.07) is 8.69. The van der Waals surface area contributed by atoms with Gasteiger partial charge in [-0.1, -0.05) is 30.3 Å². The van der Waals surface area contributed by atoms with Gasteiger partial charge in [0.05, 0.1) is 6.61 Å². The van der Waals surface area contributed by atoms with E-state index in [0.29, 0.717) is 5.56 Å². The molecule has 0 radical (unpaired) electrons.